The molecule has 1 aliphatic carbocycles. The first-order valence-corrected chi connectivity index (χ1v) is 15.4. The zero-order valence-corrected chi connectivity index (χ0v) is 25.0. The number of aliphatic hydroxyl groups excluding tert-OH is 1. The summed E-state index contributed by atoms with van der Waals surface area (Å²) < 4.78 is 1.77. The lowest BCUT2D eigenvalue weighted by atomic mass is 9.73. The summed E-state index contributed by atoms with van der Waals surface area (Å²) in [6.07, 6.45) is 12.0. The number of nitrogens with one attached hydrogen (secondary N) is 1. The monoisotopic (exact) mass is 590 g/mol. The third-order valence-corrected chi connectivity index (χ3v) is 8.97. The average molecular weight is 591 g/mol. The van der Waals surface area contributed by atoms with Crippen LogP contribution in [-0.4, -0.2) is 54.9 Å². The first-order valence-electron chi connectivity index (χ1n) is 15.4. The molecular formula is C34H38N8O2. The van der Waals surface area contributed by atoms with E-state index in [1.165, 1.54) is 0 Å². The molecule has 3 aromatic heterocycles. The highest BCUT2D eigenvalue weighted by Crippen LogP contribution is 2.39. The number of hydrogen-bond donors (Lipinski definition) is 2. The summed E-state index contributed by atoms with van der Waals surface area (Å²) in [6.45, 7) is 1.65. The van der Waals surface area contributed by atoms with Crippen molar-refractivity contribution in [2.75, 3.05) is 18.0 Å². The molecule has 44 heavy (non-hydrogen) atoms. The Kier molecular flexibility index (Phi) is 8.94. The van der Waals surface area contributed by atoms with Gasteiger partial charge in [0.1, 0.15) is 23.3 Å². The van der Waals surface area contributed by atoms with Crippen LogP contribution in [-0.2, 0) is 24.8 Å². The van der Waals surface area contributed by atoms with Gasteiger partial charge in [-0.25, -0.2) is 9.97 Å². The van der Waals surface area contributed by atoms with Crippen molar-refractivity contribution in [3.63, 3.8) is 0 Å². The van der Waals surface area contributed by atoms with E-state index in [9.17, 15) is 15.2 Å². The summed E-state index contributed by atoms with van der Waals surface area (Å²) in [7, 11) is 1.89. The fourth-order valence-electron chi connectivity index (χ4n) is 6.56. The second-order valence-electron chi connectivity index (χ2n) is 12.1. The Labute approximate surface area is 257 Å². The Bertz CT molecular complexity index is 1610. The molecule has 2 N–H and O–H groups in total. The molecule has 0 bridgehead atoms. The van der Waals surface area contributed by atoms with Gasteiger partial charge >= 0.3 is 0 Å². The molecule has 0 spiro atoms. The van der Waals surface area contributed by atoms with E-state index in [0.717, 1.165) is 60.3 Å². The molecule has 2 atom stereocenters. The number of anilines is 1. The van der Waals surface area contributed by atoms with Gasteiger partial charge in [-0.2, -0.15) is 10.4 Å². The normalized spacial score (nSPS) is 20.7. The predicted molar refractivity (Wildman–Crippen MR) is 166 cm³/mol. The standard InChI is InChI=1S/C34H38N8O2/c1-41-21-28(20-39-41)26-11-12-30(36-18-26)32(34(44)38-17-24-5-3-2-4-6-24)25-9-7-23(8-10-25)15-31-37-19-27(16-35)33(40-31)42-14-13-29(43)22-42/h2-6,11-12,18-21,23,25,29,32,43H,7-10,13-15,17,22H2,1H3,(H,38,44). The Morgan fingerprint density at radius 3 is 2.52 bits per heavy atom. The number of nitrogens with zero attached hydrogens (tertiary/aromatic N) is 7. The van der Waals surface area contributed by atoms with Gasteiger partial charge in [0.05, 0.1) is 30.1 Å². The number of pyridine rings is 1. The minimum Gasteiger partial charge on any atom is -0.391 e. The smallest absolute Gasteiger partial charge is 0.229 e. The number of rotatable bonds is 9. The van der Waals surface area contributed by atoms with E-state index in [-0.39, 0.29) is 17.7 Å². The van der Waals surface area contributed by atoms with Crippen molar-refractivity contribution in [1.29, 1.82) is 5.26 Å². The van der Waals surface area contributed by atoms with Crippen LogP contribution in [0.1, 0.15) is 60.7 Å². The zero-order valence-electron chi connectivity index (χ0n) is 25.0. The third kappa shape index (κ3) is 6.79. The molecule has 4 aromatic rings. The molecule has 1 aliphatic heterocycles. The Morgan fingerprint density at radius 2 is 1.86 bits per heavy atom. The number of carbonyl (C=O) groups excluding carboxylic acids is 1. The second-order valence-corrected chi connectivity index (χ2v) is 12.1. The van der Waals surface area contributed by atoms with Gasteiger partial charge in [-0.3, -0.25) is 14.5 Å². The predicted octanol–water partition coefficient (Wildman–Crippen LogP) is 4.16. The van der Waals surface area contributed by atoms with Crippen LogP contribution in [0.15, 0.2) is 67.3 Å². The van der Waals surface area contributed by atoms with Crippen LogP contribution in [0.2, 0.25) is 0 Å². The average Bonchev–Trinajstić information content (AvgIpc) is 3.70. The summed E-state index contributed by atoms with van der Waals surface area (Å²) in [5.41, 5.74) is 4.26. The molecule has 1 amide bonds. The first-order chi connectivity index (χ1) is 21.5. The summed E-state index contributed by atoms with van der Waals surface area (Å²) in [6, 6.07) is 16.2. The molecule has 6 rings (SSSR count). The fourth-order valence-corrected chi connectivity index (χ4v) is 6.56. The number of benzene rings is 1. The van der Waals surface area contributed by atoms with Crippen molar-refractivity contribution in [1.82, 2.24) is 30.0 Å². The summed E-state index contributed by atoms with van der Waals surface area (Å²) in [5, 5.41) is 27.0. The number of aromatic nitrogens is 5. The minimum atomic E-state index is -0.394. The molecule has 2 unspecified atom stereocenters. The number of carbonyl (C=O) groups is 1. The van der Waals surface area contributed by atoms with Crippen molar-refractivity contribution in [2.24, 2.45) is 18.9 Å². The van der Waals surface area contributed by atoms with E-state index in [4.69, 9.17) is 9.97 Å². The van der Waals surface area contributed by atoms with Gasteiger partial charge in [0.2, 0.25) is 5.91 Å². The largest absolute Gasteiger partial charge is 0.391 e. The topological polar surface area (TPSA) is 133 Å². The van der Waals surface area contributed by atoms with E-state index in [2.05, 4.69) is 21.5 Å². The molecule has 226 valence electrons. The van der Waals surface area contributed by atoms with Crippen LogP contribution in [0, 0.1) is 23.2 Å². The SMILES string of the molecule is Cn1cc(-c2ccc(C(C(=O)NCc3ccccc3)C3CCC(Cc4ncc(C#N)c(N5CCC(O)C5)n4)CC3)nc2)cn1. The number of aryl methyl sites for hydroxylation is 1. The summed E-state index contributed by atoms with van der Waals surface area (Å²) in [4.78, 5) is 29.8. The first kappa shape index (κ1) is 29.5. The maximum atomic E-state index is 13.8. The molecule has 10 heteroatoms. The van der Waals surface area contributed by atoms with Crippen LogP contribution >= 0.6 is 0 Å². The highest BCUT2D eigenvalue weighted by atomic mass is 16.3. The van der Waals surface area contributed by atoms with Gasteiger partial charge in [-0.15, -0.1) is 0 Å². The van der Waals surface area contributed by atoms with Crippen molar-refractivity contribution in [3.05, 3.63) is 89.9 Å². The van der Waals surface area contributed by atoms with Crippen LogP contribution in [0.3, 0.4) is 0 Å². The third-order valence-electron chi connectivity index (χ3n) is 8.97. The molecule has 1 saturated carbocycles. The fraction of sp³-hybridized carbons (Fsp3) is 0.412. The molecule has 1 aromatic carbocycles. The number of amides is 1. The number of hydrogen-bond acceptors (Lipinski definition) is 8. The Hall–Kier alpha value is -4.62. The number of aliphatic hydroxyl groups is 1. The van der Waals surface area contributed by atoms with E-state index >= 15 is 0 Å². The van der Waals surface area contributed by atoms with Crippen molar-refractivity contribution in [2.45, 2.75) is 57.1 Å². The van der Waals surface area contributed by atoms with Crippen LogP contribution in [0.4, 0.5) is 5.82 Å². The molecule has 2 fully saturated rings. The molecular weight excluding hydrogens is 552 g/mol. The molecule has 0 radical (unpaired) electrons. The number of nitriles is 1. The van der Waals surface area contributed by atoms with Gasteiger partial charge in [0.25, 0.3) is 0 Å². The lowest BCUT2D eigenvalue weighted by Gasteiger charge is -2.33. The van der Waals surface area contributed by atoms with Crippen LogP contribution in [0.5, 0.6) is 0 Å². The van der Waals surface area contributed by atoms with Gasteiger partial charge in [-0.05, 0) is 55.6 Å². The van der Waals surface area contributed by atoms with Crippen molar-refractivity contribution in [3.8, 4) is 17.2 Å². The van der Waals surface area contributed by atoms with Gasteiger partial charge in [0.15, 0.2) is 0 Å². The molecule has 10 nitrogen and oxygen atoms in total. The minimum absolute atomic E-state index is 0.00630. The lowest BCUT2D eigenvalue weighted by molar-refractivity contribution is -0.124. The van der Waals surface area contributed by atoms with E-state index < -0.39 is 6.10 Å². The van der Waals surface area contributed by atoms with E-state index in [1.54, 1.807) is 10.9 Å². The van der Waals surface area contributed by atoms with E-state index in [0.29, 0.717) is 43.4 Å². The number of β-amino-alcohol motifs (C(OH)–C–C–N with tert-alkyl or cyclic N) is 1. The quantitative estimate of drug-likeness (QED) is 0.297. The zero-order chi connectivity index (χ0) is 30.5. The maximum Gasteiger partial charge on any atom is 0.229 e. The van der Waals surface area contributed by atoms with Crippen LogP contribution in [0.25, 0.3) is 11.1 Å². The lowest BCUT2D eigenvalue weighted by Crippen LogP contribution is -2.35. The highest BCUT2D eigenvalue weighted by Gasteiger charge is 2.35. The van der Waals surface area contributed by atoms with Crippen LogP contribution < -0.4 is 10.2 Å². The Balaban J connectivity index is 1.15. The molecule has 1 saturated heterocycles. The highest BCUT2D eigenvalue weighted by molar-refractivity contribution is 5.83. The van der Waals surface area contributed by atoms with Gasteiger partial charge in [0, 0.05) is 56.6 Å². The second kappa shape index (κ2) is 13.3. The summed E-state index contributed by atoms with van der Waals surface area (Å²) in [5.74, 6) is 1.58. The van der Waals surface area contributed by atoms with Crippen molar-refractivity contribution >= 4 is 11.7 Å². The van der Waals surface area contributed by atoms with Crippen molar-refractivity contribution < 1.29 is 9.90 Å². The van der Waals surface area contributed by atoms with E-state index in [1.807, 2.05) is 73.0 Å². The van der Waals surface area contributed by atoms with Gasteiger partial charge in [-0.1, -0.05) is 36.4 Å². The maximum absolute atomic E-state index is 13.8. The summed E-state index contributed by atoms with van der Waals surface area (Å²) >= 11 is 0. The van der Waals surface area contributed by atoms with Gasteiger partial charge < -0.3 is 15.3 Å². The molecule has 2 aliphatic rings. The molecule has 4 heterocycles. The Morgan fingerprint density at radius 1 is 1.05 bits per heavy atom.